The van der Waals surface area contributed by atoms with Gasteiger partial charge in [-0.05, 0) is 18.6 Å². The van der Waals surface area contributed by atoms with Gasteiger partial charge in [0.15, 0.2) is 6.10 Å². The van der Waals surface area contributed by atoms with Crippen LogP contribution in [0.25, 0.3) is 0 Å². The number of thiol groups is 1. The number of aliphatic hydroxyl groups is 1. The van der Waals surface area contributed by atoms with Gasteiger partial charge >= 0.3 is 5.97 Å². The highest BCUT2D eigenvalue weighted by Gasteiger charge is 2.10. The maximum Gasteiger partial charge on any atom is 0.332 e. The second kappa shape index (κ2) is 4.64. The fourth-order valence-corrected chi connectivity index (χ4v) is 0.591. The Balaban J connectivity index is 3.27. The summed E-state index contributed by atoms with van der Waals surface area (Å²) in [6.45, 7) is 0. The number of aliphatic carboxylic acids is 1. The van der Waals surface area contributed by atoms with Crippen molar-refractivity contribution < 1.29 is 15.0 Å². The lowest BCUT2D eigenvalue weighted by Gasteiger charge is -2.01. The Labute approximate surface area is 59.1 Å². The second-order valence-corrected chi connectivity index (χ2v) is 2.17. The molecule has 0 saturated heterocycles. The number of carboxylic acid groups (broad SMARTS) is 1. The summed E-state index contributed by atoms with van der Waals surface area (Å²) in [6, 6.07) is 0. The van der Waals surface area contributed by atoms with Crippen LogP contribution in [0.2, 0.25) is 0 Å². The van der Waals surface area contributed by atoms with E-state index in [-0.39, 0.29) is 0 Å². The summed E-state index contributed by atoms with van der Waals surface area (Å²) in [4.78, 5) is 9.93. The van der Waals surface area contributed by atoms with Crippen molar-refractivity contribution in [1.82, 2.24) is 0 Å². The molecule has 0 saturated carbocycles. The van der Waals surface area contributed by atoms with Crippen LogP contribution in [-0.2, 0) is 4.79 Å². The van der Waals surface area contributed by atoms with Crippen LogP contribution in [0.15, 0.2) is 0 Å². The highest BCUT2D eigenvalue weighted by Crippen LogP contribution is 1.97. The lowest BCUT2D eigenvalue weighted by molar-refractivity contribution is -0.146. The minimum Gasteiger partial charge on any atom is -0.479 e. The van der Waals surface area contributed by atoms with Crippen molar-refractivity contribution in [1.29, 1.82) is 0 Å². The highest BCUT2D eigenvalue weighted by molar-refractivity contribution is 7.80. The van der Waals surface area contributed by atoms with Gasteiger partial charge in [0.25, 0.3) is 0 Å². The van der Waals surface area contributed by atoms with Crippen molar-refractivity contribution in [2.24, 2.45) is 0 Å². The Kier molecular flexibility index (Phi) is 4.53. The molecule has 0 unspecified atom stereocenters. The molecule has 0 spiro atoms. The van der Waals surface area contributed by atoms with E-state index in [9.17, 15) is 4.79 Å². The number of hydrogen-bond donors (Lipinski definition) is 3. The van der Waals surface area contributed by atoms with Crippen molar-refractivity contribution in [3.05, 3.63) is 0 Å². The SMILES string of the molecule is O=C(O)[C@@H](O)CCCS. The topological polar surface area (TPSA) is 57.5 Å². The van der Waals surface area contributed by atoms with E-state index in [1.165, 1.54) is 0 Å². The van der Waals surface area contributed by atoms with Gasteiger partial charge in [-0.15, -0.1) is 0 Å². The van der Waals surface area contributed by atoms with Crippen molar-refractivity contribution in [2.75, 3.05) is 5.75 Å². The zero-order valence-electron chi connectivity index (χ0n) is 4.95. The summed E-state index contributed by atoms with van der Waals surface area (Å²) in [5.41, 5.74) is 0. The molecule has 0 amide bonds. The lowest BCUT2D eigenvalue weighted by atomic mass is 10.2. The van der Waals surface area contributed by atoms with E-state index < -0.39 is 12.1 Å². The van der Waals surface area contributed by atoms with Crippen LogP contribution in [0.5, 0.6) is 0 Å². The zero-order chi connectivity index (χ0) is 7.28. The normalized spacial score (nSPS) is 13.1. The van der Waals surface area contributed by atoms with Crippen LogP contribution >= 0.6 is 12.6 Å². The Morgan fingerprint density at radius 3 is 2.56 bits per heavy atom. The van der Waals surface area contributed by atoms with Crippen LogP contribution in [0.3, 0.4) is 0 Å². The van der Waals surface area contributed by atoms with Crippen LogP contribution in [0, 0.1) is 0 Å². The number of rotatable bonds is 4. The molecule has 0 aliphatic heterocycles. The Bertz CT molecular complexity index is 94.2. The van der Waals surface area contributed by atoms with E-state index >= 15 is 0 Å². The monoisotopic (exact) mass is 150 g/mol. The molecule has 1 atom stereocenters. The summed E-state index contributed by atoms with van der Waals surface area (Å²) < 4.78 is 0. The average Bonchev–Trinajstić information content (AvgIpc) is 1.82. The first-order valence-corrected chi connectivity index (χ1v) is 3.33. The molecule has 0 rings (SSSR count). The molecule has 0 aromatic carbocycles. The van der Waals surface area contributed by atoms with Crippen LogP contribution < -0.4 is 0 Å². The zero-order valence-corrected chi connectivity index (χ0v) is 5.84. The van der Waals surface area contributed by atoms with Gasteiger partial charge in [0, 0.05) is 0 Å². The van der Waals surface area contributed by atoms with Gasteiger partial charge in [-0.2, -0.15) is 12.6 Å². The van der Waals surface area contributed by atoms with Gasteiger partial charge in [0.05, 0.1) is 0 Å². The largest absolute Gasteiger partial charge is 0.479 e. The van der Waals surface area contributed by atoms with Gasteiger partial charge in [-0.1, -0.05) is 0 Å². The third-order valence-corrected chi connectivity index (χ3v) is 1.24. The minimum atomic E-state index is -1.21. The van der Waals surface area contributed by atoms with E-state index in [2.05, 4.69) is 12.6 Å². The molecule has 0 aromatic rings. The van der Waals surface area contributed by atoms with Crippen molar-refractivity contribution >= 4 is 18.6 Å². The quantitative estimate of drug-likeness (QED) is 0.500. The molecule has 0 bridgehead atoms. The van der Waals surface area contributed by atoms with Gasteiger partial charge < -0.3 is 10.2 Å². The molecule has 0 aromatic heterocycles. The third-order valence-electron chi connectivity index (χ3n) is 0.921. The van der Waals surface area contributed by atoms with E-state index in [0.717, 1.165) is 0 Å². The van der Waals surface area contributed by atoms with Gasteiger partial charge in [-0.3, -0.25) is 0 Å². The molecule has 0 aliphatic carbocycles. The number of carboxylic acids is 1. The first kappa shape index (κ1) is 8.78. The molecular formula is C5H10O3S. The smallest absolute Gasteiger partial charge is 0.332 e. The van der Waals surface area contributed by atoms with Gasteiger partial charge in [0.1, 0.15) is 0 Å². The Hall–Kier alpha value is -0.220. The number of aliphatic hydroxyl groups excluding tert-OH is 1. The lowest BCUT2D eigenvalue weighted by Crippen LogP contribution is -2.18. The maximum atomic E-state index is 9.93. The fraction of sp³-hybridized carbons (Fsp3) is 0.800. The Morgan fingerprint density at radius 2 is 2.22 bits per heavy atom. The van der Waals surface area contributed by atoms with Crippen molar-refractivity contribution in [3.8, 4) is 0 Å². The molecule has 0 aliphatic rings. The first-order valence-electron chi connectivity index (χ1n) is 2.70. The highest BCUT2D eigenvalue weighted by atomic mass is 32.1. The Morgan fingerprint density at radius 1 is 1.67 bits per heavy atom. The summed E-state index contributed by atoms with van der Waals surface area (Å²) >= 11 is 3.86. The molecular weight excluding hydrogens is 140 g/mol. The predicted octanol–water partition coefficient (Wildman–Crippen LogP) is 0.142. The van der Waals surface area contributed by atoms with Crippen LogP contribution in [0.4, 0.5) is 0 Å². The summed E-state index contributed by atoms with van der Waals surface area (Å²) in [6.07, 6.45) is -0.285. The third kappa shape index (κ3) is 4.29. The molecule has 0 radical (unpaired) electrons. The molecule has 54 valence electrons. The van der Waals surface area contributed by atoms with Gasteiger partial charge in [-0.25, -0.2) is 4.79 Å². The first-order chi connectivity index (χ1) is 4.18. The minimum absolute atomic E-state index is 0.291. The van der Waals surface area contributed by atoms with E-state index in [1.807, 2.05) is 0 Å². The number of hydrogen-bond acceptors (Lipinski definition) is 3. The molecule has 0 fully saturated rings. The molecule has 2 N–H and O–H groups in total. The van der Waals surface area contributed by atoms with Gasteiger partial charge in [0.2, 0.25) is 0 Å². The van der Waals surface area contributed by atoms with Crippen molar-refractivity contribution in [3.63, 3.8) is 0 Å². The standard InChI is InChI=1S/C5H10O3S/c6-4(5(7)8)2-1-3-9/h4,6,9H,1-3H2,(H,7,8)/t4-/m0/s1. The van der Waals surface area contributed by atoms with E-state index in [4.69, 9.17) is 10.2 Å². The fourth-order valence-electron chi connectivity index (χ4n) is 0.408. The molecule has 0 heterocycles. The van der Waals surface area contributed by atoms with E-state index in [1.54, 1.807) is 0 Å². The van der Waals surface area contributed by atoms with Crippen LogP contribution in [0.1, 0.15) is 12.8 Å². The molecule has 3 nitrogen and oxygen atoms in total. The van der Waals surface area contributed by atoms with E-state index in [0.29, 0.717) is 18.6 Å². The summed E-state index contributed by atoms with van der Waals surface area (Å²) in [7, 11) is 0. The predicted molar refractivity (Wildman–Crippen MR) is 36.7 cm³/mol. The summed E-state index contributed by atoms with van der Waals surface area (Å²) in [5.74, 6) is -0.540. The average molecular weight is 150 g/mol. The second-order valence-electron chi connectivity index (χ2n) is 1.72. The summed E-state index contributed by atoms with van der Waals surface area (Å²) in [5, 5.41) is 16.8. The molecule has 9 heavy (non-hydrogen) atoms. The number of carbonyl (C=O) groups is 1. The maximum absolute atomic E-state index is 9.93. The molecule has 4 heteroatoms. The van der Waals surface area contributed by atoms with Crippen molar-refractivity contribution in [2.45, 2.75) is 18.9 Å². The van der Waals surface area contributed by atoms with Crippen LogP contribution in [-0.4, -0.2) is 28.0 Å².